The third-order valence-corrected chi connectivity index (χ3v) is 6.28. The first-order valence-electron chi connectivity index (χ1n) is 10.6. The Morgan fingerprint density at radius 3 is 2.54 bits per heavy atom. The third-order valence-electron chi connectivity index (χ3n) is 5.60. The predicted molar refractivity (Wildman–Crippen MR) is 137 cm³/mol. The van der Waals surface area contributed by atoms with Crippen LogP contribution < -0.4 is 9.47 Å². The van der Waals surface area contributed by atoms with E-state index in [4.69, 9.17) is 9.47 Å². The maximum Gasteiger partial charge on any atom is 0.269 e. The fourth-order valence-corrected chi connectivity index (χ4v) is 3.95. The van der Waals surface area contributed by atoms with E-state index in [0.717, 1.165) is 27.7 Å². The second-order valence-corrected chi connectivity index (χ2v) is 8.80. The van der Waals surface area contributed by atoms with Gasteiger partial charge < -0.3 is 14.5 Å². The minimum atomic E-state index is -0.445. The van der Waals surface area contributed by atoms with Gasteiger partial charge in [-0.15, -0.1) is 0 Å². The van der Waals surface area contributed by atoms with Crippen molar-refractivity contribution in [1.29, 1.82) is 5.26 Å². The first kappa shape index (κ1) is 24.0. The summed E-state index contributed by atoms with van der Waals surface area (Å²) in [5.41, 5.74) is 5.84. The van der Waals surface area contributed by atoms with Gasteiger partial charge in [0.25, 0.3) is 5.69 Å². The number of nitriles is 1. The van der Waals surface area contributed by atoms with E-state index in [1.807, 2.05) is 26.0 Å². The molecule has 0 aliphatic rings. The molecule has 4 rings (SSSR count). The number of nitrogens with one attached hydrogen (secondary N) is 1. The molecule has 3 aromatic carbocycles. The van der Waals surface area contributed by atoms with Gasteiger partial charge in [0.05, 0.1) is 28.6 Å². The monoisotopic (exact) mass is 532 g/mol. The summed E-state index contributed by atoms with van der Waals surface area (Å²) in [4.78, 5) is 18.2. The minimum absolute atomic E-state index is 0.0215. The second kappa shape index (κ2) is 9.99. The van der Waals surface area contributed by atoms with Gasteiger partial charge in [0.2, 0.25) is 0 Å². The summed E-state index contributed by atoms with van der Waals surface area (Å²) in [5.74, 6) is 1.45. The minimum Gasteiger partial charge on any atom is -0.493 e. The average molecular weight is 533 g/mol. The van der Waals surface area contributed by atoms with Crippen LogP contribution in [0.25, 0.3) is 22.7 Å². The number of hydrogen-bond acceptors (Lipinski definition) is 6. The van der Waals surface area contributed by atoms with Gasteiger partial charge in [0.15, 0.2) is 11.5 Å². The zero-order valence-electron chi connectivity index (χ0n) is 19.3. The molecular formula is C26H21BrN4O4. The highest BCUT2D eigenvalue weighted by Gasteiger charge is 2.14. The molecule has 0 saturated carbocycles. The predicted octanol–water partition coefficient (Wildman–Crippen LogP) is 6.50. The van der Waals surface area contributed by atoms with Gasteiger partial charge in [0, 0.05) is 16.6 Å². The van der Waals surface area contributed by atoms with Gasteiger partial charge in [-0.25, -0.2) is 4.98 Å². The number of imidazole rings is 1. The number of aromatic amines is 1. The first-order valence-corrected chi connectivity index (χ1v) is 11.4. The molecule has 0 aliphatic heterocycles. The fraction of sp³-hybridized carbons (Fsp3) is 0.154. The number of methoxy groups -OCH3 is 1. The number of nitro groups is 1. The number of aryl methyl sites for hydroxylation is 2. The molecule has 8 nitrogen and oxygen atoms in total. The normalized spacial score (nSPS) is 11.3. The summed E-state index contributed by atoms with van der Waals surface area (Å²) >= 11 is 3.55. The van der Waals surface area contributed by atoms with Gasteiger partial charge in [-0.1, -0.05) is 15.9 Å². The quantitative estimate of drug-likeness (QED) is 0.165. The Bertz CT molecular complexity index is 1460. The Morgan fingerprint density at radius 2 is 1.89 bits per heavy atom. The summed E-state index contributed by atoms with van der Waals surface area (Å²) < 4.78 is 12.1. The van der Waals surface area contributed by atoms with Crippen LogP contribution in [-0.2, 0) is 6.61 Å². The van der Waals surface area contributed by atoms with E-state index >= 15 is 0 Å². The first-order chi connectivity index (χ1) is 16.8. The third kappa shape index (κ3) is 5.18. The van der Waals surface area contributed by atoms with Crippen LogP contribution in [0.1, 0.15) is 28.1 Å². The molecule has 0 bridgehead atoms. The van der Waals surface area contributed by atoms with Crippen molar-refractivity contribution in [3.63, 3.8) is 0 Å². The second-order valence-electron chi connectivity index (χ2n) is 7.95. The summed E-state index contributed by atoms with van der Waals surface area (Å²) in [6, 6.07) is 15.9. The number of fused-ring (bicyclic) bond motifs is 1. The number of hydrogen-bond donors (Lipinski definition) is 1. The molecule has 0 atom stereocenters. The maximum atomic E-state index is 10.8. The highest BCUT2D eigenvalue weighted by atomic mass is 79.9. The van der Waals surface area contributed by atoms with Crippen LogP contribution in [-0.4, -0.2) is 22.0 Å². The molecule has 4 aromatic rings. The molecule has 176 valence electrons. The van der Waals surface area contributed by atoms with Gasteiger partial charge in [-0.3, -0.25) is 10.1 Å². The number of aromatic nitrogens is 2. The Balaban J connectivity index is 1.61. The van der Waals surface area contributed by atoms with E-state index in [-0.39, 0.29) is 12.3 Å². The van der Waals surface area contributed by atoms with Gasteiger partial charge in [-0.2, -0.15) is 5.26 Å². The van der Waals surface area contributed by atoms with E-state index in [0.29, 0.717) is 32.9 Å². The number of nitrogens with zero attached hydrogens (tertiary/aromatic N) is 3. The smallest absolute Gasteiger partial charge is 0.269 e. The lowest BCUT2D eigenvalue weighted by Gasteiger charge is -2.13. The van der Waals surface area contributed by atoms with Crippen LogP contribution in [0.3, 0.4) is 0 Å². The SMILES string of the molecule is COc1cc(/C=C(\C#N)c2nc3cc(C)c(C)cc3[nH]2)c(Br)cc1OCc1ccc([N+](=O)[O-])cc1. The fourth-order valence-electron chi connectivity index (χ4n) is 3.51. The standard InChI is InChI=1S/C26H21BrN4O4/c1-15-8-22-23(9-16(15)2)30-26(29-22)19(13-28)10-18-11-24(34-3)25(12-21(18)27)35-14-17-4-6-20(7-5-17)31(32)33/h4-12H,14H2,1-3H3,(H,29,30)/b19-10+. The molecule has 0 amide bonds. The maximum absolute atomic E-state index is 10.8. The summed E-state index contributed by atoms with van der Waals surface area (Å²) in [6.07, 6.45) is 1.73. The Morgan fingerprint density at radius 1 is 1.17 bits per heavy atom. The molecule has 0 unspecified atom stereocenters. The van der Waals surface area contributed by atoms with E-state index in [9.17, 15) is 15.4 Å². The highest BCUT2D eigenvalue weighted by molar-refractivity contribution is 9.10. The summed E-state index contributed by atoms with van der Waals surface area (Å²) in [6.45, 7) is 4.26. The van der Waals surface area contributed by atoms with Crippen molar-refractivity contribution in [2.75, 3.05) is 7.11 Å². The molecule has 0 radical (unpaired) electrons. The summed E-state index contributed by atoms with van der Waals surface area (Å²) in [5, 5.41) is 20.6. The van der Waals surface area contributed by atoms with Crippen molar-refractivity contribution in [3.05, 3.63) is 91.2 Å². The molecule has 1 aromatic heterocycles. The van der Waals surface area contributed by atoms with E-state index in [1.54, 1.807) is 30.3 Å². The Kier molecular flexibility index (Phi) is 6.85. The van der Waals surface area contributed by atoms with Crippen LogP contribution >= 0.6 is 15.9 Å². The van der Waals surface area contributed by atoms with Crippen molar-refractivity contribution in [3.8, 4) is 17.6 Å². The van der Waals surface area contributed by atoms with Crippen LogP contribution in [0.4, 0.5) is 5.69 Å². The van der Waals surface area contributed by atoms with Crippen molar-refractivity contribution >= 4 is 44.3 Å². The molecule has 0 saturated heterocycles. The number of allylic oxidation sites excluding steroid dienone is 1. The Hall–Kier alpha value is -4.16. The van der Waals surface area contributed by atoms with Crippen molar-refractivity contribution < 1.29 is 14.4 Å². The molecule has 1 heterocycles. The van der Waals surface area contributed by atoms with Gasteiger partial charge >= 0.3 is 0 Å². The number of ether oxygens (including phenoxy) is 2. The molecule has 0 spiro atoms. The number of H-pyrrole nitrogens is 1. The lowest BCUT2D eigenvalue weighted by atomic mass is 10.1. The summed E-state index contributed by atoms with van der Waals surface area (Å²) in [7, 11) is 1.53. The number of nitro benzene ring substituents is 1. The van der Waals surface area contributed by atoms with Gasteiger partial charge in [0.1, 0.15) is 18.5 Å². The van der Waals surface area contributed by atoms with E-state index < -0.39 is 4.92 Å². The van der Waals surface area contributed by atoms with Crippen LogP contribution in [0.15, 0.2) is 53.0 Å². The largest absolute Gasteiger partial charge is 0.493 e. The molecule has 35 heavy (non-hydrogen) atoms. The number of non-ortho nitro benzene ring substituents is 1. The Labute approximate surface area is 210 Å². The lowest BCUT2D eigenvalue weighted by Crippen LogP contribution is -1.99. The zero-order chi connectivity index (χ0) is 25.1. The topological polar surface area (TPSA) is 114 Å². The van der Waals surface area contributed by atoms with Crippen LogP contribution in [0.2, 0.25) is 0 Å². The van der Waals surface area contributed by atoms with Crippen molar-refractivity contribution in [1.82, 2.24) is 9.97 Å². The molecule has 9 heteroatoms. The average Bonchev–Trinajstić information content (AvgIpc) is 3.24. The number of rotatable bonds is 7. The van der Waals surface area contributed by atoms with E-state index in [1.165, 1.54) is 19.2 Å². The molecule has 0 aliphatic carbocycles. The van der Waals surface area contributed by atoms with Crippen LogP contribution in [0.5, 0.6) is 11.5 Å². The molecular weight excluding hydrogens is 512 g/mol. The number of benzene rings is 3. The zero-order valence-corrected chi connectivity index (χ0v) is 20.8. The van der Waals surface area contributed by atoms with Crippen molar-refractivity contribution in [2.24, 2.45) is 0 Å². The molecule has 1 N–H and O–H groups in total. The van der Waals surface area contributed by atoms with Crippen LogP contribution in [0, 0.1) is 35.3 Å². The van der Waals surface area contributed by atoms with E-state index in [2.05, 4.69) is 32.0 Å². The number of halogens is 1. The van der Waals surface area contributed by atoms with Gasteiger partial charge in [-0.05, 0) is 78.6 Å². The van der Waals surface area contributed by atoms with Crippen molar-refractivity contribution in [2.45, 2.75) is 20.5 Å². The molecule has 0 fully saturated rings. The highest BCUT2D eigenvalue weighted by Crippen LogP contribution is 2.36. The lowest BCUT2D eigenvalue weighted by molar-refractivity contribution is -0.384.